The Kier molecular flexibility index (Phi) is 54.8. The summed E-state index contributed by atoms with van der Waals surface area (Å²) in [5.74, 6) is -0.846. The zero-order valence-electron chi connectivity index (χ0n) is 49.9. The Balaban J connectivity index is 4.06. The smallest absolute Gasteiger partial charge is 0.306 e. The van der Waals surface area contributed by atoms with E-state index in [-0.39, 0.29) is 32.0 Å². The van der Waals surface area contributed by atoms with Gasteiger partial charge in [-0.15, -0.1) is 0 Å². The number of esters is 2. The van der Waals surface area contributed by atoms with Crippen molar-refractivity contribution in [2.24, 2.45) is 0 Å². The molecular weight excluding hydrogens is 966 g/mol. The molecule has 2 unspecified atom stereocenters. The number of hydrogen-bond acceptors (Lipinski definition) is 8. The number of unbranched alkanes of at least 4 members (excludes halogenated alkanes) is 29. The third-order valence-electron chi connectivity index (χ3n) is 13.4. The summed E-state index contributed by atoms with van der Waals surface area (Å²) in [6.45, 7) is 4.11. The van der Waals surface area contributed by atoms with Crippen LogP contribution in [-0.2, 0) is 32.7 Å². The van der Waals surface area contributed by atoms with Crippen LogP contribution < -0.4 is 4.89 Å². The second kappa shape index (κ2) is 56.9. The Morgan fingerprint density at radius 2 is 0.750 bits per heavy atom. The molecule has 0 aliphatic heterocycles. The van der Waals surface area contributed by atoms with Gasteiger partial charge in [0.2, 0.25) is 0 Å². The van der Waals surface area contributed by atoms with Gasteiger partial charge in [-0.25, -0.2) is 0 Å². The molecule has 76 heavy (non-hydrogen) atoms. The highest BCUT2D eigenvalue weighted by Gasteiger charge is 2.22. The molecule has 0 aliphatic carbocycles. The van der Waals surface area contributed by atoms with E-state index in [1.165, 1.54) is 141 Å². The van der Waals surface area contributed by atoms with Crippen LogP contribution in [-0.4, -0.2) is 70.0 Å². The lowest BCUT2D eigenvalue weighted by Crippen LogP contribution is -2.37. The summed E-state index contributed by atoms with van der Waals surface area (Å²) in [6, 6.07) is 0. The summed E-state index contributed by atoms with van der Waals surface area (Å²) in [4.78, 5) is 37.9. The number of phosphoric acid groups is 1. The molecule has 0 aromatic carbocycles. The number of phosphoric ester groups is 1. The Hall–Kier alpha value is -2.81. The van der Waals surface area contributed by atoms with Gasteiger partial charge >= 0.3 is 11.9 Å². The largest absolute Gasteiger partial charge is 0.756 e. The number of hydrogen-bond donors (Lipinski definition) is 0. The first-order valence-corrected chi connectivity index (χ1v) is 32.8. The lowest BCUT2D eigenvalue weighted by molar-refractivity contribution is -0.870. The molecule has 0 aliphatic rings. The number of allylic oxidation sites excluding steroid dienone is 14. The van der Waals surface area contributed by atoms with Gasteiger partial charge in [-0.05, 0) is 89.9 Å². The molecule has 0 saturated carbocycles. The van der Waals surface area contributed by atoms with Crippen molar-refractivity contribution in [3.63, 3.8) is 0 Å². The van der Waals surface area contributed by atoms with Crippen molar-refractivity contribution in [1.82, 2.24) is 0 Å². The van der Waals surface area contributed by atoms with Gasteiger partial charge < -0.3 is 27.9 Å². The maximum absolute atomic E-state index is 12.8. The van der Waals surface area contributed by atoms with Crippen molar-refractivity contribution in [3.8, 4) is 0 Å². The lowest BCUT2D eigenvalue weighted by atomic mass is 10.0. The zero-order valence-corrected chi connectivity index (χ0v) is 50.8. The van der Waals surface area contributed by atoms with Gasteiger partial charge in [-0.3, -0.25) is 14.2 Å². The van der Waals surface area contributed by atoms with Crippen molar-refractivity contribution in [1.29, 1.82) is 0 Å². The molecule has 0 heterocycles. The van der Waals surface area contributed by atoms with E-state index in [9.17, 15) is 19.0 Å². The van der Waals surface area contributed by atoms with E-state index in [4.69, 9.17) is 18.5 Å². The minimum absolute atomic E-state index is 0.0366. The molecule has 0 fully saturated rings. The van der Waals surface area contributed by atoms with E-state index in [0.29, 0.717) is 17.4 Å². The number of nitrogens with zero attached hydrogens (tertiary/aromatic N) is 1. The number of carbonyl (C=O) groups excluding carboxylic acids is 2. The zero-order chi connectivity index (χ0) is 55.6. The van der Waals surface area contributed by atoms with Crippen molar-refractivity contribution in [2.45, 2.75) is 277 Å². The Morgan fingerprint density at radius 3 is 1.12 bits per heavy atom. The van der Waals surface area contributed by atoms with Gasteiger partial charge in [0.05, 0.1) is 27.7 Å². The first-order chi connectivity index (χ1) is 37.0. The van der Waals surface area contributed by atoms with Crippen LogP contribution in [0.3, 0.4) is 0 Å². The Labute approximate surface area is 469 Å². The molecule has 0 saturated heterocycles. The van der Waals surface area contributed by atoms with E-state index < -0.39 is 26.5 Å². The fourth-order valence-corrected chi connectivity index (χ4v) is 9.33. The summed E-state index contributed by atoms with van der Waals surface area (Å²) < 4.78 is 34.2. The molecule has 0 radical (unpaired) electrons. The summed E-state index contributed by atoms with van der Waals surface area (Å²) >= 11 is 0. The fourth-order valence-electron chi connectivity index (χ4n) is 8.60. The molecule has 10 heteroatoms. The molecule has 0 aromatic rings. The Bertz CT molecular complexity index is 1560. The number of ether oxygens (including phenoxy) is 2. The van der Waals surface area contributed by atoms with Crippen LogP contribution in [0, 0.1) is 0 Å². The SMILES string of the molecule is CC/C=C\C/C=C\C/C=C\C/C=C\CCCCCCCCC(=O)OC(COC(=O)CCCCCCCCCCCCCCCCCCCC/C=C\C/C=C\C/C=C\CCCCCCC)COP(=O)([O-])OCC[N+](C)(C)C. The average molecular weight is 1080 g/mol. The molecule has 0 aromatic heterocycles. The van der Waals surface area contributed by atoms with Crippen molar-refractivity contribution in [2.75, 3.05) is 47.5 Å². The van der Waals surface area contributed by atoms with E-state index in [2.05, 4.69) is 98.9 Å². The molecule has 0 amide bonds. The summed E-state index contributed by atoms with van der Waals surface area (Å²) in [6.07, 6.45) is 76.5. The van der Waals surface area contributed by atoms with Crippen molar-refractivity contribution in [3.05, 3.63) is 85.1 Å². The first kappa shape index (κ1) is 73.2. The summed E-state index contributed by atoms with van der Waals surface area (Å²) in [5, 5.41) is 0. The van der Waals surface area contributed by atoms with E-state index in [1.807, 2.05) is 21.1 Å². The molecule has 440 valence electrons. The second-order valence-corrected chi connectivity index (χ2v) is 23.4. The second-order valence-electron chi connectivity index (χ2n) is 22.0. The van der Waals surface area contributed by atoms with Crippen LogP contribution in [0.2, 0.25) is 0 Å². The highest BCUT2D eigenvalue weighted by Crippen LogP contribution is 2.38. The monoisotopic (exact) mass is 1080 g/mol. The normalized spacial score (nSPS) is 13.8. The van der Waals surface area contributed by atoms with Crippen molar-refractivity contribution >= 4 is 19.8 Å². The van der Waals surface area contributed by atoms with Crippen molar-refractivity contribution < 1.29 is 42.1 Å². The van der Waals surface area contributed by atoms with Gasteiger partial charge in [-0.2, -0.15) is 0 Å². The Morgan fingerprint density at radius 1 is 0.421 bits per heavy atom. The van der Waals surface area contributed by atoms with Crippen LogP contribution in [0.25, 0.3) is 0 Å². The predicted octanol–water partition coefficient (Wildman–Crippen LogP) is 19.2. The fraction of sp³-hybridized carbons (Fsp3) is 0.758. The maximum Gasteiger partial charge on any atom is 0.306 e. The minimum atomic E-state index is -4.64. The van der Waals surface area contributed by atoms with E-state index in [0.717, 1.165) is 96.3 Å². The molecule has 0 rings (SSSR count). The minimum Gasteiger partial charge on any atom is -0.756 e. The third-order valence-corrected chi connectivity index (χ3v) is 14.4. The summed E-state index contributed by atoms with van der Waals surface area (Å²) in [5.41, 5.74) is 0. The van der Waals surface area contributed by atoms with Crippen LogP contribution in [0.1, 0.15) is 271 Å². The van der Waals surface area contributed by atoms with Gasteiger partial charge in [0, 0.05) is 12.8 Å². The van der Waals surface area contributed by atoms with E-state index in [1.54, 1.807) is 0 Å². The van der Waals surface area contributed by atoms with Crippen LogP contribution in [0.15, 0.2) is 85.1 Å². The van der Waals surface area contributed by atoms with Crippen LogP contribution in [0.5, 0.6) is 0 Å². The topological polar surface area (TPSA) is 111 Å². The quantitative estimate of drug-likeness (QED) is 0.0195. The molecule has 0 N–H and O–H groups in total. The van der Waals surface area contributed by atoms with Gasteiger partial charge in [0.15, 0.2) is 6.10 Å². The number of carbonyl (C=O) groups is 2. The average Bonchev–Trinajstić information content (AvgIpc) is 3.38. The molecule has 9 nitrogen and oxygen atoms in total. The third kappa shape index (κ3) is 60.4. The first-order valence-electron chi connectivity index (χ1n) is 31.3. The lowest BCUT2D eigenvalue weighted by Gasteiger charge is -2.28. The molecular formula is C66H118NO8P. The van der Waals surface area contributed by atoms with Gasteiger partial charge in [0.1, 0.15) is 19.8 Å². The summed E-state index contributed by atoms with van der Waals surface area (Å²) in [7, 11) is 1.15. The van der Waals surface area contributed by atoms with E-state index >= 15 is 0 Å². The molecule has 2 atom stereocenters. The number of quaternary nitrogens is 1. The van der Waals surface area contributed by atoms with Crippen LogP contribution >= 0.6 is 7.82 Å². The number of rotatable bonds is 57. The highest BCUT2D eigenvalue weighted by atomic mass is 31.2. The number of likely N-dealkylation sites (N-methyl/N-ethyl adjacent to an activating group) is 1. The molecule has 0 bridgehead atoms. The standard InChI is InChI=1S/C66H118NO8P/c1-6-8-10-12-14-16-18-20-22-24-26-27-28-29-30-31-32-33-34-35-36-37-38-39-41-42-44-46-48-50-52-54-56-58-65(68)72-62-64(63-74-76(70,71)73-61-60-67(3,4)5)75-66(69)59-57-55-53-51-49-47-45-43-40-25-23-21-19-17-15-13-11-9-7-2/h9,11,15,17-18,20-21,23-24,26,28-29,40,43,64H,6-8,10,12-14,16,19,22,25,27,30-39,41-42,44-63H2,1-5H3/b11-9-,17-15-,20-18-,23-21-,26-24-,29-28-,43-40-. The van der Waals surface area contributed by atoms with Gasteiger partial charge in [-0.1, -0.05) is 253 Å². The molecule has 0 spiro atoms. The van der Waals surface area contributed by atoms with Gasteiger partial charge in [0.25, 0.3) is 7.82 Å². The maximum atomic E-state index is 12.8. The predicted molar refractivity (Wildman–Crippen MR) is 323 cm³/mol. The highest BCUT2D eigenvalue weighted by molar-refractivity contribution is 7.45. The van der Waals surface area contributed by atoms with Crippen LogP contribution in [0.4, 0.5) is 0 Å².